The van der Waals surface area contributed by atoms with Crippen LogP contribution in [-0.4, -0.2) is 56.8 Å². The maximum Gasteiger partial charge on any atom is 0.410 e. The van der Waals surface area contributed by atoms with Crippen LogP contribution in [0, 0.1) is 6.92 Å². The van der Waals surface area contributed by atoms with Gasteiger partial charge in [0.15, 0.2) is 5.69 Å². The number of hydrogen-bond donors (Lipinski definition) is 0. The summed E-state index contributed by atoms with van der Waals surface area (Å²) in [4.78, 5) is 31.1. The number of amides is 2. The molecule has 1 aliphatic rings. The number of piperazine rings is 1. The maximum atomic E-state index is 14.5. The summed E-state index contributed by atoms with van der Waals surface area (Å²) in [7, 11) is 0. The van der Waals surface area contributed by atoms with Crippen molar-refractivity contribution in [3.8, 4) is 16.9 Å². The van der Waals surface area contributed by atoms with Crippen molar-refractivity contribution in [2.45, 2.75) is 52.7 Å². The first-order chi connectivity index (χ1) is 20.9. The molecule has 2 heterocycles. The molecule has 2 amide bonds. The fraction of sp³-hybridized carbons (Fsp3) is 0.324. The normalized spacial score (nSPS) is 15.4. The highest BCUT2D eigenvalue weighted by Gasteiger charge is 2.37. The van der Waals surface area contributed by atoms with Crippen LogP contribution in [0.25, 0.3) is 16.9 Å². The molecule has 1 fully saturated rings. The van der Waals surface area contributed by atoms with Gasteiger partial charge in [-0.2, -0.15) is 5.10 Å². The first-order valence-corrected chi connectivity index (χ1v) is 15.7. The molecule has 7 nitrogen and oxygen atoms in total. The Balaban J connectivity index is 1.58. The van der Waals surface area contributed by atoms with E-state index in [0.717, 1.165) is 17.5 Å². The van der Waals surface area contributed by atoms with Crippen molar-refractivity contribution in [2.24, 2.45) is 0 Å². The van der Waals surface area contributed by atoms with Crippen LogP contribution in [0.3, 0.4) is 0 Å². The monoisotopic (exact) mass is 652 g/mol. The minimum absolute atomic E-state index is 0.241. The summed E-state index contributed by atoms with van der Waals surface area (Å²) in [6, 6.07) is 20.3. The van der Waals surface area contributed by atoms with E-state index in [1.807, 2.05) is 52.0 Å². The zero-order chi connectivity index (χ0) is 31.8. The summed E-state index contributed by atoms with van der Waals surface area (Å²) in [5, 5.41) is 6.35. The van der Waals surface area contributed by atoms with Crippen molar-refractivity contribution in [2.75, 3.05) is 19.6 Å². The highest BCUT2D eigenvalue weighted by molar-refractivity contribution is 6.35. The van der Waals surface area contributed by atoms with E-state index in [1.165, 1.54) is 5.56 Å². The molecule has 10 heteroatoms. The smallest absolute Gasteiger partial charge is 0.410 e. The Labute approximate surface area is 273 Å². The predicted octanol–water partition coefficient (Wildman–Crippen LogP) is 8.80. The largest absolute Gasteiger partial charge is 0.444 e. The topological polar surface area (TPSA) is 67.7 Å². The fourth-order valence-electron chi connectivity index (χ4n) is 5.39. The molecule has 1 aliphatic heterocycles. The van der Waals surface area contributed by atoms with Crippen molar-refractivity contribution in [1.29, 1.82) is 0 Å². The lowest BCUT2D eigenvalue weighted by Gasteiger charge is -2.41. The van der Waals surface area contributed by atoms with Crippen LogP contribution in [0.4, 0.5) is 4.79 Å². The second-order valence-corrected chi connectivity index (χ2v) is 13.2. The van der Waals surface area contributed by atoms with Gasteiger partial charge in [-0.1, -0.05) is 78.1 Å². The van der Waals surface area contributed by atoms with E-state index >= 15 is 0 Å². The molecular formula is C34H35Cl3N4O3. The van der Waals surface area contributed by atoms with Crippen molar-refractivity contribution in [1.82, 2.24) is 19.6 Å². The van der Waals surface area contributed by atoms with E-state index in [2.05, 4.69) is 19.1 Å². The second kappa shape index (κ2) is 12.8. The molecular weight excluding hydrogens is 619 g/mol. The van der Waals surface area contributed by atoms with Crippen LogP contribution in [0.1, 0.15) is 60.9 Å². The summed E-state index contributed by atoms with van der Waals surface area (Å²) >= 11 is 19.1. The summed E-state index contributed by atoms with van der Waals surface area (Å²) in [6.07, 6.45) is 0.497. The number of carbonyl (C=O) groups is 2. The second-order valence-electron chi connectivity index (χ2n) is 11.9. The van der Waals surface area contributed by atoms with Gasteiger partial charge in [-0.3, -0.25) is 4.79 Å². The first-order valence-electron chi connectivity index (χ1n) is 14.5. The number of aromatic nitrogens is 2. The highest BCUT2D eigenvalue weighted by Crippen LogP contribution is 2.35. The number of benzene rings is 3. The maximum absolute atomic E-state index is 14.5. The van der Waals surface area contributed by atoms with E-state index in [0.29, 0.717) is 57.3 Å². The van der Waals surface area contributed by atoms with Crippen LogP contribution >= 0.6 is 34.8 Å². The lowest BCUT2D eigenvalue weighted by Crippen LogP contribution is -2.53. The Morgan fingerprint density at radius 2 is 1.59 bits per heavy atom. The third-order valence-electron chi connectivity index (χ3n) is 7.65. The molecule has 1 aromatic heterocycles. The lowest BCUT2D eigenvalue weighted by atomic mass is 9.99. The molecule has 1 saturated heterocycles. The molecule has 0 spiro atoms. The van der Waals surface area contributed by atoms with Gasteiger partial charge in [-0.25, -0.2) is 9.48 Å². The Morgan fingerprint density at radius 1 is 0.932 bits per heavy atom. The molecule has 0 N–H and O–H groups in total. The molecule has 1 unspecified atom stereocenters. The van der Waals surface area contributed by atoms with Crippen molar-refractivity contribution < 1.29 is 14.3 Å². The Hall–Kier alpha value is -3.52. The van der Waals surface area contributed by atoms with Gasteiger partial charge >= 0.3 is 6.09 Å². The molecule has 4 aromatic rings. The van der Waals surface area contributed by atoms with Gasteiger partial charge in [0.1, 0.15) is 5.60 Å². The molecule has 44 heavy (non-hydrogen) atoms. The number of halogens is 3. The summed E-state index contributed by atoms with van der Waals surface area (Å²) in [6.45, 7) is 10.4. The van der Waals surface area contributed by atoms with Crippen LogP contribution in [0.2, 0.25) is 15.1 Å². The van der Waals surface area contributed by atoms with Crippen LogP contribution in [0.15, 0.2) is 66.7 Å². The van der Waals surface area contributed by atoms with Gasteiger partial charge in [-0.15, -0.1) is 0 Å². The number of hydrogen-bond acceptors (Lipinski definition) is 4. The molecule has 0 aliphatic carbocycles. The molecule has 1 atom stereocenters. The van der Waals surface area contributed by atoms with Gasteiger partial charge in [-0.05, 0) is 75.6 Å². The van der Waals surface area contributed by atoms with Gasteiger partial charge < -0.3 is 14.5 Å². The average molecular weight is 654 g/mol. The minimum atomic E-state index is -0.632. The lowest BCUT2D eigenvalue weighted by molar-refractivity contribution is 0.00393. The standard InChI is InChI=1S/C34H35Cl3N4O3/c1-6-22-7-9-23(10-8-22)29-20-39(33(43)44-34(3,4)5)17-18-40(29)32(42)30-21(2)31(24-11-13-25(35)14-12-24)41(38-30)28-16-15-26(36)19-27(28)37/h7-16,19,29H,6,17-18,20H2,1-5H3. The zero-order valence-corrected chi connectivity index (χ0v) is 27.7. The molecule has 230 valence electrons. The van der Waals surface area contributed by atoms with E-state index in [-0.39, 0.29) is 5.91 Å². The van der Waals surface area contributed by atoms with Crippen LogP contribution in [-0.2, 0) is 11.2 Å². The number of nitrogens with zero attached hydrogens (tertiary/aromatic N) is 4. The van der Waals surface area contributed by atoms with Gasteiger partial charge in [0, 0.05) is 40.8 Å². The summed E-state index contributed by atoms with van der Waals surface area (Å²) in [5.74, 6) is -0.241. The number of rotatable bonds is 5. The SMILES string of the molecule is CCc1ccc(C2CN(C(=O)OC(C)(C)C)CCN2C(=O)c2nn(-c3ccc(Cl)cc3Cl)c(-c3ccc(Cl)cc3)c2C)cc1. The first kappa shape index (κ1) is 31.9. The molecule has 0 radical (unpaired) electrons. The van der Waals surface area contributed by atoms with Crippen molar-refractivity contribution in [3.63, 3.8) is 0 Å². The molecule has 5 rings (SSSR count). The van der Waals surface area contributed by atoms with Crippen LogP contribution < -0.4 is 0 Å². The van der Waals surface area contributed by atoms with Crippen LogP contribution in [0.5, 0.6) is 0 Å². The van der Waals surface area contributed by atoms with E-state index in [4.69, 9.17) is 44.6 Å². The number of aryl methyl sites for hydroxylation is 1. The highest BCUT2D eigenvalue weighted by atomic mass is 35.5. The van der Waals surface area contributed by atoms with Gasteiger partial charge in [0.25, 0.3) is 5.91 Å². The van der Waals surface area contributed by atoms with Gasteiger partial charge in [0.05, 0.1) is 22.4 Å². The van der Waals surface area contributed by atoms with Crippen molar-refractivity contribution in [3.05, 3.63) is 104 Å². The van der Waals surface area contributed by atoms with E-state index < -0.39 is 17.7 Å². The molecule has 0 bridgehead atoms. The van der Waals surface area contributed by atoms with E-state index in [1.54, 1.807) is 44.8 Å². The summed E-state index contributed by atoms with van der Waals surface area (Å²) in [5.41, 5.74) is 4.60. The number of carbonyl (C=O) groups excluding carboxylic acids is 2. The summed E-state index contributed by atoms with van der Waals surface area (Å²) < 4.78 is 7.37. The van der Waals surface area contributed by atoms with Crippen molar-refractivity contribution >= 4 is 46.8 Å². The Kier molecular flexibility index (Phi) is 9.30. The average Bonchev–Trinajstić information content (AvgIpc) is 3.32. The predicted molar refractivity (Wildman–Crippen MR) is 176 cm³/mol. The quantitative estimate of drug-likeness (QED) is 0.216. The zero-order valence-electron chi connectivity index (χ0n) is 25.4. The minimum Gasteiger partial charge on any atom is -0.444 e. The molecule has 3 aromatic carbocycles. The third kappa shape index (κ3) is 6.75. The fourth-order valence-corrected chi connectivity index (χ4v) is 6.00. The van der Waals surface area contributed by atoms with Gasteiger partial charge in [0.2, 0.25) is 0 Å². The molecule has 0 saturated carbocycles. The Bertz CT molecular complexity index is 1680. The van der Waals surface area contributed by atoms with E-state index in [9.17, 15) is 9.59 Å². The third-order valence-corrected chi connectivity index (χ3v) is 8.44. The number of ether oxygens (including phenoxy) is 1. The Morgan fingerprint density at radius 3 is 2.20 bits per heavy atom.